The second kappa shape index (κ2) is 13.0. The number of nitrogens with zero attached hydrogens (tertiary/aromatic N) is 1. The minimum Gasteiger partial charge on any atom is -0.496 e. The molecule has 0 bridgehead atoms. The summed E-state index contributed by atoms with van der Waals surface area (Å²) in [5, 5.41) is 5.29. The van der Waals surface area contributed by atoms with Crippen molar-refractivity contribution in [3.8, 4) is 0 Å². The number of urea groups is 1. The van der Waals surface area contributed by atoms with Gasteiger partial charge in [0.1, 0.15) is 24.5 Å². The summed E-state index contributed by atoms with van der Waals surface area (Å²) in [6, 6.07) is 10.8. The molecule has 0 aromatic heterocycles. The molecule has 4 amide bonds. The first-order valence-corrected chi connectivity index (χ1v) is 13.5. The number of benzene rings is 2. The molecule has 4 rings (SSSR count). The average Bonchev–Trinajstić information content (AvgIpc) is 3.21. The lowest BCUT2D eigenvalue weighted by Gasteiger charge is -2.25. The van der Waals surface area contributed by atoms with Crippen molar-refractivity contribution in [2.24, 2.45) is 0 Å². The van der Waals surface area contributed by atoms with Crippen LogP contribution in [-0.4, -0.2) is 54.6 Å². The van der Waals surface area contributed by atoms with E-state index in [1.807, 2.05) is 59.8 Å². The number of anilines is 1. The standard InChI is InChI=1S/C28H29FIN3O5/c1-2-37-14-15-38-21-11-8-19(9-12-21)25-27(35)33(28(36)32-25)24(16-18-6-4-3-5-7-18)26(34)31-23-13-10-20(30)17-22(23)29/h3-8,10-11,13,17,24-25H,2,9,12,14-16H2,1H3,(H,31,34)(H,32,36)/t24?,25-/m1/s1. The Morgan fingerprint density at radius 3 is 2.63 bits per heavy atom. The van der Waals surface area contributed by atoms with Crippen molar-refractivity contribution in [3.05, 3.63) is 87.0 Å². The lowest BCUT2D eigenvalue weighted by molar-refractivity contribution is -0.133. The van der Waals surface area contributed by atoms with Crippen LogP contribution in [0, 0.1) is 9.39 Å². The molecule has 1 saturated heterocycles. The van der Waals surface area contributed by atoms with E-state index >= 15 is 0 Å². The minimum absolute atomic E-state index is 0.0194. The first-order valence-electron chi connectivity index (χ1n) is 12.4. The van der Waals surface area contributed by atoms with Crippen LogP contribution in [0.25, 0.3) is 0 Å². The van der Waals surface area contributed by atoms with Crippen LogP contribution in [0.15, 0.2) is 72.0 Å². The number of hydrogen-bond acceptors (Lipinski definition) is 5. The van der Waals surface area contributed by atoms with Gasteiger partial charge < -0.3 is 20.1 Å². The summed E-state index contributed by atoms with van der Waals surface area (Å²) >= 11 is 1.97. The van der Waals surface area contributed by atoms with E-state index in [9.17, 15) is 18.8 Å². The first kappa shape index (κ1) is 27.8. The van der Waals surface area contributed by atoms with Crippen LogP contribution >= 0.6 is 22.6 Å². The highest BCUT2D eigenvalue weighted by Gasteiger charge is 2.46. The molecule has 0 radical (unpaired) electrons. The molecule has 2 atom stereocenters. The van der Waals surface area contributed by atoms with Gasteiger partial charge in [-0.25, -0.2) is 14.1 Å². The van der Waals surface area contributed by atoms with Crippen molar-refractivity contribution in [1.29, 1.82) is 0 Å². The Morgan fingerprint density at radius 2 is 1.95 bits per heavy atom. The molecule has 1 unspecified atom stereocenters. The molecule has 0 saturated carbocycles. The molecule has 2 aliphatic rings. The highest BCUT2D eigenvalue weighted by Crippen LogP contribution is 2.27. The fraction of sp³-hybridized carbons (Fsp3) is 0.321. The van der Waals surface area contributed by atoms with Gasteiger partial charge in [0.2, 0.25) is 5.91 Å². The summed E-state index contributed by atoms with van der Waals surface area (Å²) in [6.07, 6.45) is 4.76. The van der Waals surface area contributed by atoms with Gasteiger partial charge in [-0.15, -0.1) is 0 Å². The van der Waals surface area contributed by atoms with Gasteiger partial charge in [-0.05, 0) is 71.3 Å². The van der Waals surface area contributed by atoms with Crippen LogP contribution in [0.5, 0.6) is 0 Å². The summed E-state index contributed by atoms with van der Waals surface area (Å²) in [6.45, 7) is 3.47. The molecule has 1 aliphatic carbocycles. The Labute approximate surface area is 234 Å². The second-order valence-corrected chi connectivity index (χ2v) is 10.1. The Hall–Kier alpha value is -3.25. The predicted octanol–water partition coefficient (Wildman–Crippen LogP) is 4.56. The van der Waals surface area contributed by atoms with Crippen molar-refractivity contribution in [1.82, 2.24) is 10.2 Å². The van der Waals surface area contributed by atoms with E-state index in [0.717, 1.165) is 21.8 Å². The number of ether oxygens (including phenoxy) is 2. The van der Waals surface area contributed by atoms with E-state index in [1.54, 1.807) is 18.2 Å². The number of allylic oxidation sites excluding steroid dienone is 3. The van der Waals surface area contributed by atoms with Gasteiger partial charge in [0.15, 0.2) is 0 Å². The minimum atomic E-state index is -1.18. The summed E-state index contributed by atoms with van der Waals surface area (Å²) in [5.41, 5.74) is 1.47. The normalized spacial score (nSPS) is 18.0. The van der Waals surface area contributed by atoms with Gasteiger partial charge >= 0.3 is 6.03 Å². The molecule has 8 nitrogen and oxygen atoms in total. The number of amides is 4. The van der Waals surface area contributed by atoms with E-state index in [-0.39, 0.29) is 12.1 Å². The summed E-state index contributed by atoms with van der Waals surface area (Å²) in [7, 11) is 0. The van der Waals surface area contributed by atoms with Gasteiger partial charge in [0.05, 0.1) is 18.1 Å². The zero-order valence-corrected chi connectivity index (χ0v) is 23.1. The summed E-state index contributed by atoms with van der Waals surface area (Å²) < 4.78 is 26.1. The predicted molar refractivity (Wildman–Crippen MR) is 149 cm³/mol. The maximum absolute atomic E-state index is 14.5. The third-order valence-corrected chi connectivity index (χ3v) is 6.95. The molecular weight excluding hydrogens is 604 g/mol. The number of hydrogen-bond donors (Lipinski definition) is 2. The third kappa shape index (κ3) is 6.79. The quantitative estimate of drug-likeness (QED) is 0.215. The number of imide groups is 1. The molecular formula is C28H29FIN3O5. The maximum atomic E-state index is 14.5. The lowest BCUT2D eigenvalue weighted by atomic mass is 9.96. The van der Waals surface area contributed by atoms with Crippen LogP contribution in [-0.2, 0) is 25.5 Å². The van der Waals surface area contributed by atoms with Crippen LogP contribution in [0.1, 0.15) is 25.3 Å². The van der Waals surface area contributed by atoms with Crippen molar-refractivity contribution in [3.63, 3.8) is 0 Å². The molecule has 1 heterocycles. The van der Waals surface area contributed by atoms with Crippen LogP contribution in [0.4, 0.5) is 14.9 Å². The average molecular weight is 633 g/mol. The van der Waals surface area contributed by atoms with Crippen molar-refractivity contribution in [2.45, 2.75) is 38.3 Å². The van der Waals surface area contributed by atoms with E-state index in [2.05, 4.69) is 10.6 Å². The Bertz CT molecular complexity index is 1250. The topological polar surface area (TPSA) is 97.0 Å². The second-order valence-electron chi connectivity index (χ2n) is 8.83. The van der Waals surface area contributed by atoms with Crippen molar-refractivity contribution in [2.75, 3.05) is 25.1 Å². The fourth-order valence-electron chi connectivity index (χ4n) is 4.36. The molecule has 2 aromatic carbocycles. The van der Waals surface area contributed by atoms with Crippen LogP contribution < -0.4 is 10.6 Å². The monoisotopic (exact) mass is 633 g/mol. The molecule has 2 aromatic rings. The molecule has 0 spiro atoms. The molecule has 10 heteroatoms. The van der Waals surface area contributed by atoms with Gasteiger partial charge in [-0.2, -0.15) is 0 Å². The number of carbonyl (C=O) groups excluding carboxylic acids is 3. The molecule has 200 valence electrons. The SMILES string of the molecule is CCOCCOC1=CC=C([C@H]2NC(=O)N(C(Cc3ccccc3)C(=O)Nc3ccc(I)cc3F)C2=O)CC1. The molecule has 38 heavy (non-hydrogen) atoms. The Morgan fingerprint density at radius 1 is 1.16 bits per heavy atom. The fourth-order valence-corrected chi connectivity index (χ4v) is 4.81. The molecule has 2 N–H and O–H groups in total. The first-order chi connectivity index (χ1) is 18.4. The van der Waals surface area contributed by atoms with E-state index in [4.69, 9.17) is 9.47 Å². The zero-order chi connectivity index (χ0) is 27.1. The van der Waals surface area contributed by atoms with Crippen LogP contribution in [0.2, 0.25) is 0 Å². The largest absolute Gasteiger partial charge is 0.496 e. The third-order valence-electron chi connectivity index (χ3n) is 6.28. The summed E-state index contributed by atoms with van der Waals surface area (Å²) in [4.78, 5) is 40.9. The van der Waals surface area contributed by atoms with E-state index < -0.39 is 35.7 Å². The maximum Gasteiger partial charge on any atom is 0.325 e. The lowest BCUT2D eigenvalue weighted by Crippen LogP contribution is -2.49. The van der Waals surface area contributed by atoms with Gasteiger partial charge in [-0.1, -0.05) is 36.4 Å². The Kier molecular flexibility index (Phi) is 9.51. The number of carbonyl (C=O) groups is 3. The highest BCUT2D eigenvalue weighted by molar-refractivity contribution is 14.1. The van der Waals surface area contributed by atoms with Crippen molar-refractivity contribution < 1.29 is 28.2 Å². The summed E-state index contributed by atoms with van der Waals surface area (Å²) in [5.74, 6) is -0.990. The Balaban J connectivity index is 1.53. The number of rotatable bonds is 11. The smallest absolute Gasteiger partial charge is 0.325 e. The number of halogens is 2. The van der Waals surface area contributed by atoms with Crippen LogP contribution in [0.3, 0.4) is 0 Å². The van der Waals surface area contributed by atoms with E-state index in [0.29, 0.717) is 36.2 Å². The van der Waals surface area contributed by atoms with Gasteiger partial charge in [0, 0.05) is 23.0 Å². The van der Waals surface area contributed by atoms with Crippen molar-refractivity contribution >= 4 is 46.1 Å². The molecule has 1 fully saturated rings. The van der Waals surface area contributed by atoms with E-state index in [1.165, 1.54) is 12.1 Å². The van der Waals surface area contributed by atoms with Gasteiger partial charge in [0.25, 0.3) is 5.91 Å². The van der Waals surface area contributed by atoms with Gasteiger partial charge in [-0.3, -0.25) is 9.59 Å². The highest BCUT2D eigenvalue weighted by atomic mass is 127. The molecule has 1 aliphatic heterocycles. The zero-order valence-electron chi connectivity index (χ0n) is 20.9. The number of nitrogens with one attached hydrogen (secondary N) is 2.